The molecule has 0 aliphatic heterocycles. The van der Waals surface area contributed by atoms with Gasteiger partial charge >= 0.3 is 0 Å². The number of H-pyrrole nitrogens is 1. The van der Waals surface area contributed by atoms with Gasteiger partial charge in [-0.15, -0.1) is 0 Å². The molecule has 0 fully saturated rings. The van der Waals surface area contributed by atoms with Crippen molar-refractivity contribution in [3.05, 3.63) is 63.3 Å². The number of aryl methyl sites for hydroxylation is 3. The Balaban J connectivity index is 2.21. The number of hydrogen-bond donors (Lipinski definition) is 2. The minimum absolute atomic E-state index is 0.238. The maximum Gasteiger partial charge on any atom is 0.274 e. The summed E-state index contributed by atoms with van der Waals surface area (Å²) in [6, 6.07) is 8.58. The third-order valence-electron chi connectivity index (χ3n) is 3.99. The van der Waals surface area contributed by atoms with E-state index >= 15 is 0 Å². The first-order chi connectivity index (χ1) is 11.0. The van der Waals surface area contributed by atoms with Crippen LogP contribution in [0.15, 0.2) is 35.1 Å². The topological polar surface area (TPSA) is 57.8 Å². The monoisotopic (exact) mass is 311 g/mol. The molecule has 0 atom stereocenters. The Morgan fingerprint density at radius 3 is 2.57 bits per heavy atom. The van der Waals surface area contributed by atoms with Crippen molar-refractivity contribution in [2.45, 2.75) is 27.2 Å². The van der Waals surface area contributed by atoms with Gasteiger partial charge in [0, 0.05) is 11.1 Å². The third-order valence-corrected chi connectivity index (χ3v) is 3.99. The fourth-order valence-corrected chi connectivity index (χ4v) is 2.89. The van der Waals surface area contributed by atoms with E-state index in [1.807, 2.05) is 39.0 Å². The zero-order chi connectivity index (χ0) is 16.6. The summed E-state index contributed by atoms with van der Waals surface area (Å²) >= 11 is 0. The molecular formula is C18H18FN3O. The summed E-state index contributed by atoms with van der Waals surface area (Å²) in [6.07, 6.45) is 0.728. The van der Waals surface area contributed by atoms with E-state index in [1.165, 1.54) is 12.1 Å². The summed E-state index contributed by atoms with van der Waals surface area (Å²) < 4.78 is 13.5. The molecule has 1 aromatic heterocycles. The molecule has 0 aliphatic carbocycles. The van der Waals surface area contributed by atoms with Crippen LogP contribution in [0.3, 0.4) is 0 Å². The molecule has 23 heavy (non-hydrogen) atoms. The number of nitrogens with zero attached hydrogens (tertiary/aromatic N) is 1. The van der Waals surface area contributed by atoms with Crippen LogP contribution in [0.1, 0.15) is 23.7 Å². The van der Waals surface area contributed by atoms with E-state index < -0.39 is 0 Å². The summed E-state index contributed by atoms with van der Waals surface area (Å²) in [6.45, 7) is 5.67. The highest BCUT2D eigenvalue weighted by Gasteiger charge is 2.12. The van der Waals surface area contributed by atoms with Crippen LogP contribution >= 0.6 is 0 Å². The van der Waals surface area contributed by atoms with Gasteiger partial charge in [0.15, 0.2) is 0 Å². The molecule has 0 saturated heterocycles. The summed E-state index contributed by atoms with van der Waals surface area (Å²) in [4.78, 5) is 12.3. The molecule has 2 N–H and O–H groups in total. The van der Waals surface area contributed by atoms with Crippen LogP contribution in [0.4, 0.5) is 15.8 Å². The van der Waals surface area contributed by atoms with E-state index in [9.17, 15) is 9.18 Å². The fraction of sp³-hybridized carbons (Fsp3) is 0.222. The Labute approximate surface area is 133 Å². The second kappa shape index (κ2) is 5.83. The van der Waals surface area contributed by atoms with Gasteiger partial charge < -0.3 is 5.32 Å². The van der Waals surface area contributed by atoms with Crippen molar-refractivity contribution >= 4 is 22.1 Å². The quantitative estimate of drug-likeness (QED) is 0.769. The van der Waals surface area contributed by atoms with Gasteiger partial charge in [0.05, 0.1) is 16.8 Å². The first-order valence-electron chi connectivity index (χ1n) is 7.55. The lowest BCUT2D eigenvalue weighted by Crippen LogP contribution is -2.12. The lowest BCUT2D eigenvalue weighted by Gasteiger charge is -2.15. The number of aromatic amines is 1. The number of fused-ring (bicyclic) bond motifs is 1. The molecule has 0 aliphatic rings. The van der Waals surface area contributed by atoms with Crippen LogP contribution < -0.4 is 10.9 Å². The Bertz CT molecular complexity index is 924. The van der Waals surface area contributed by atoms with Crippen molar-refractivity contribution < 1.29 is 4.39 Å². The Morgan fingerprint density at radius 2 is 1.91 bits per heavy atom. The fourth-order valence-electron chi connectivity index (χ4n) is 2.89. The highest BCUT2D eigenvalue weighted by Crippen LogP contribution is 2.29. The van der Waals surface area contributed by atoms with Crippen LogP contribution in [-0.2, 0) is 6.42 Å². The van der Waals surface area contributed by atoms with E-state index in [1.54, 1.807) is 0 Å². The minimum Gasteiger partial charge on any atom is -0.354 e. The van der Waals surface area contributed by atoms with Crippen LogP contribution in [0.2, 0.25) is 0 Å². The summed E-state index contributed by atoms with van der Waals surface area (Å²) in [7, 11) is 0. The zero-order valence-corrected chi connectivity index (χ0v) is 13.3. The molecule has 4 nitrogen and oxygen atoms in total. The number of rotatable bonds is 3. The van der Waals surface area contributed by atoms with Crippen molar-refractivity contribution in [3.63, 3.8) is 0 Å². The first-order valence-corrected chi connectivity index (χ1v) is 7.55. The maximum absolute atomic E-state index is 13.5. The molecule has 3 rings (SSSR count). The van der Waals surface area contributed by atoms with E-state index in [0.29, 0.717) is 11.1 Å². The van der Waals surface area contributed by atoms with Crippen molar-refractivity contribution in [2.24, 2.45) is 0 Å². The SMILES string of the molecule is CCc1n[nH]c(=O)c2c(Nc3c(C)cc(F)cc3C)cccc12. The Kier molecular flexibility index (Phi) is 3.86. The molecule has 0 radical (unpaired) electrons. The van der Waals surface area contributed by atoms with Crippen molar-refractivity contribution in [1.82, 2.24) is 10.2 Å². The van der Waals surface area contributed by atoms with Crippen molar-refractivity contribution in [1.29, 1.82) is 0 Å². The predicted molar refractivity (Wildman–Crippen MR) is 90.9 cm³/mol. The van der Waals surface area contributed by atoms with Gasteiger partial charge in [0.25, 0.3) is 5.56 Å². The van der Waals surface area contributed by atoms with E-state index in [4.69, 9.17) is 0 Å². The predicted octanol–water partition coefficient (Wildman–Crippen LogP) is 3.99. The normalized spacial score (nSPS) is 11.0. The van der Waals surface area contributed by atoms with Crippen LogP contribution in [0, 0.1) is 19.7 Å². The molecule has 0 saturated carbocycles. The van der Waals surface area contributed by atoms with Crippen molar-refractivity contribution in [2.75, 3.05) is 5.32 Å². The average molecular weight is 311 g/mol. The molecule has 0 bridgehead atoms. The lowest BCUT2D eigenvalue weighted by molar-refractivity contribution is 0.625. The number of aromatic nitrogens is 2. The zero-order valence-electron chi connectivity index (χ0n) is 13.3. The van der Waals surface area contributed by atoms with Gasteiger partial charge in [-0.05, 0) is 49.6 Å². The van der Waals surface area contributed by atoms with Gasteiger partial charge in [0.2, 0.25) is 0 Å². The molecule has 5 heteroatoms. The van der Waals surface area contributed by atoms with Crippen LogP contribution in [-0.4, -0.2) is 10.2 Å². The Hall–Kier alpha value is -2.69. The molecule has 0 amide bonds. The lowest BCUT2D eigenvalue weighted by atomic mass is 10.1. The van der Waals surface area contributed by atoms with Crippen molar-refractivity contribution in [3.8, 4) is 0 Å². The highest BCUT2D eigenvalue weighted by atomic mass is 19.1. The van der Waals surface area contributed by atoms with Crippen LogP contribution in [0.25, 0.3) is 10.8 Å². The number of halogens is 1. The van der Waals surface area contributed by atoms with Crippen LogP contribution in [0.5, 0.6) is 0 Å². The molecular weight excluding hydrogens is 293 g/mol. The van der Waals surface area contributed by atoms with E-state index in [0.717, 1.165) is 34.3 Å². The molecule has 2 aromatic carbocycles. The number of anilines is 2. The average Bonchev–Trinajstić information content (AvgIpc) is 2.51. The summed E-state index contributed by atoms with van der Waals surface area (Å²) in [5.41, 5.74) is 3.70. The van der Waals surface area contributed by atoms with Gasteiger partial charge in [0.1, 0.15) is 5.82 Å². The minimum atomic E-state index is -0.265. The molecule has 1 heterocycles. The molecule has 3 aromatic rings. The van der Waals surface area contributed by atoms with Gasteiger partial charge in [-0.25, -0.2) is 9.49 Å². The third kappa shape index (κ3) is 2.70. The standard InChI is InChI=1S/C18H18FN3O/c1-4-14-13-6-5-7-15(16(13)18(23)22-21-14)20-17-10(2)8-12(19)9-11(17)3/h5-9,20H,4H2,1-3H3,(H,22,23). The molecule has 0 unspecified atom stereocenters. The second-order valence-electron chi connectivity index (χ2n) is 5.62. The molecule has 118 valence electrons. The summed E-state index contributed by atoms with van der Waals surface area (Å²) in [5, 5.41) is 11.3. The maximum atomic E-state index is 13.5. The second-order valence-corrected chi connectivity index (χ2v) is 5.62. The number of benzene rings is 2. The van der Waals surface area contributed by atoms with Gasteiger partial charge in [-0.2, -0.15) is 5.10 Å². The Morgan fingerprint density at radius 1 is 1.22 bits per heavy atom. The van der Waals surface area contributed by atoms with Gasteiger partial charge in [-0.1, -0.05) is 19.1 Å². The summed E-state index contributed by atoms with van der Waals surface area (Å²) in [5.74, 6) is -0.265. The smallest absolute Gasteiger partial charge is 0.274 e. The highest BCUT2D eigenvalue weighted by molar-refractivity contribution is 5.96. The number of hydrogen-bond acceptors (Lipinski definition) is 3. The molecule has 0 spiro atoms. The van der Waals surface area contributed by atoms with E-state index in [2.05, 4.69) is 15.5 Å². The number of nitrogens with one attached hydrogen (secondary N) is 2. The van der Waals surface area contributed by atoms with E-state index in [-0.39, 0.29) is 11.4 Å². The first kappa shape index (κ1) is 15.2. The van der Waals surface area contributed by atoms with Gasteiger partial charge in [-0.3, -0.25) is 4.79 Å². The largest absolute Gasteiger partial charge is 0.354 e.